The van der Waals surface area contributed by atoms with E-state index < -0.39 is 24.2 Å². The van der Waals surface area contributed by atoms with Crippen molar-refractivity contribution >= 4 is 28.1 Å². The Kier molecular flexibility index (Phi) is 5.20. The van der Waals surface area contributed by atoms with Gasteiger partial charge in [0.05, 0.1) is 17.9 Å². The molecule has 0 spiro atoms. The molecule has 172 valence electrons. The van der Waals surface area contributed by atoms with E-state index in [2.05, 4.69) is 28.7 Å². The molecule has 4 heterocycles. The highest BCUT2D eigenvalue weighted by Gasteiger charge is 2.47. The highest BCUT2D eigenvalue weighted by Crippen LogP contribution is 2.44. The molecule has 1 amide bonds. The zero-order valence-electron chi connectivity index (χ0n) is 17.6. The number of carbonyl (C=O) groups excluding carboxylic acids is 1. The van der Waals surface area contributed by atoms with E-state index in [1.54, 1.807) is 12.1 Å². The molecular formula is C22H20F3N5O2S. The van der Waals surface area contributed by atoms with Crippen molar-refractivity contribution in [2.45, 2.75) is 50.9 Å². The Morgan fingerprint density at radius 1 is 1.45 bits per heavy atom. The molecule has 1 aliphatic carbocycles. The second kappa shape index (κ2) is 7.95. The van der Waals surface area contributed by atoms with Crippen LogP contribution in [0.3, 0.4) is 0 Å². The number of carbonyl (C=O) groups is 1. The first-order valence-corrected chi connectivity index (χ1v) is 11.4. The van der Waals surface area contributed by atoms with Crippen LogP contribution in [0.15, 0.2) is 28.9 Å². The van der Waals surface area contributed by atoms with Crippen LogP contribution in [0.25, 0.3) is 0 Å². The van der Waals surface area contributed by atoms with Crippen molar-refractivity contribution < 1.29 is 22.4 Å². The van der Waals surface area contributed by atoms with Gasteiger partial charge in [-0.05, 0) is 42.9 Å². The molecule has 3 aromatic rings. The largest absolute Gasteiger partial charge is 0.467 e. The lowest BCUT2D eigenvalue weighted by molar-refractivity contribution is -0.174. The molecule has 0 fully saturated rings. The number of alkyl halides is 3. The number of anilines is 2. The van der Waals surface area contributed by atoms with Crippen LogP contribution in [0.1, 0.15) is 64.1 Å². The molecule has 0 bridgehead atoms. The third kappa shape index (κ3) is 3.88. The smallest absolute Gasteiger partial charge is 0.410 e. The topological polar surface area (TPSA) is 95.9 Å². The number of aromatic nitrogens is 2. The lowest BCUT2D eigenvalue weighted by atomic mass is 9.89. The maximum atomic E-state index is 13.8. The minimum atomic E-state index is -4.56. The summed E-state index contributed by atoms with van der Waals surface area (Å²) >= 11 is 1.35. The predicted octanol–water partition coefficient (Wildman–Crippen LogP) is 5.45. The fourth-order valence-electron chi connectivity index (χ4n) is 4.48. The second-order valence-electron chi connectivity index (χ2n) is 8.49. The second-order valence-corrected chi connectivity index (χ2v) is 9.59. The molecule has 0 saturated carbocycles. The van der Waals surface area contributed by atoms with Crippen LogP contribution in [-0.2, 0) is 12.8 Å². The molecule has 2 aliphatic rings. The summed E-state index contributed by atoms with van der Waals surface area (Å²) in [7, 11) is 0. The summed E-state index contributed by atoms with van der Waals surface area (Å²) in [5.41, 5.74) is 1.24. The summed E-state index contributed by atoms with van der Waals surface area (Å²) in [6.45, 7) is 2.14. The molecule has 11 heteroatoms. The van der Waals surface area contributed by atoms with Gasteiger partial charge in [0.1, 0.15) is 22.6 Å². The number of nitrogens with one attached hydrogen (secondary N) is 2. The van der Waals surface area contributed by atoms with Crippen molar-refractivity contribution in [2.24, 2.45) is 5.92 Å². The van der Waals surface area contributed by atoms with Gasteiger partial charge in [-0.25, -0.2) is 4.68 Å². The molecule has 7 nitrogen and oxygen atoms in total. The highest BCUT2D eigenvalue weighted by molar-refractivity contribution is 7.16. The number of thiophene rings is 1. The molecule has 33 heavy (non-hydrogen) atoms. The molecule has 3 aromatic heterocycles. The van der Waals surface area contributed by atoms with Crippen molar-refractivity contribution in [2.75, 3.05) is 10.6 Å². The van der Waals surface area contributed by atoms with Crippen LogP contribution in [0, 0.1) is 17.2 Å². The summed E-state index contributed by atoms with van der Waals surface area (Å²) in [6, 6.07) is 4.07. The third-order valence-electron chi connectivity index (χ3n) is 6.16. The first-order valence-electron chi connectivity index (χ1n) is 10.6. The molecule has 3 atom stereocenters. The monoisotopic (exact) mass is 475 g/mol. The Hall–Kier alpha value is -3.26. The minimum absolute atomic E-state index is 0.0786. The first kappa shape index (κ1) is 21.6. The van der Waals surface area contributed by atoms with Gasteiger partial charge in [0, 0.05) is 17.4 Å². The number of nitrogens with zero attached hydrogens (tertiary/aromatic N) is 3. The molecule has 0 saturated heterocycles. The van der Waals surface area contributed by atoms with Crippen LogP contribution in [-0.4, -0.2) is 21.9 Å². The summed E-state index contributed by atoms with van der Waals surface area (Å²) in [5, 5.41) is 19.7. The van der Waals surface area contributed by atoms with Crippen LogP contribution < -0.4 is 10.6 Å². The van der Waals surface area contributed by atoms with Gasteiger partial charge in [0.2, 0.25) is 0 Å². The quantitative estimate of drug-likeness (QED) is 0.525. The van der Waals surface area contributed by atoms with Crippen LogP contribution in [0.4, 0.5) is 24.0 Å². The van der Waals surface area contributed by atoms with Gasteiger partial charge in [-0.15, -0.1) is 11.3 Å². The van der Waals surface area contributed by atoms with Gasteiger partial charge in [0.15, 0.2) is 11.7 Å². The molecule has 0 aromatic carbocycles. The number of fused-ring (bicyclic) bond motifs is 2. The van der Waals surface area contributed by atoms with Crippen LogP contribution >= 0.6 is 11.3 Å². The zero-order chi connectivity index (χ0) is 23.3. The number of halogens is 3. The van der Waals surface area contributed by atoms with Gasteiger partial charge < -0.3 is 15.1 Å². The average Bonchev–Trinajstić information content (AvgIpc) is 3.49. The third-order valence-corrected chi connectivity index (χ3v) is 7.33. The fraction of sp³-hybridized carbons (Fsp3) is 0.409. The first-order chi connectivity index (χ1) is 15.7. The zero-order valence-corrected chi connectivity index (χ0v) is 18.4. The molecule has 1 aliphatic heterocycles. The van der Waals surface area contributed by atoms with Gasteiger partial charge in [-0.3, -0.25) is 4.79 Å². The maximum absolute atomic E-state index is 13.8. The number of furan rings is 1. The Labute approximate surface area is 191 Å². The lowest BCUT2D eigenvalue weighted by Crippen LogP contribution is -2.35. The van der Waals surface area contributed by atoms with E-state index in [9.17, 15) is 23.2 Å². The Morgan fingerprint density at radius 2 is 2.27 bits per heavy atom. The standard InChI is InChI=1S/C22H20F3N5O2S/c1-11-4-5-12-13(10-26)21(33-17(12)7-11)28-20(31)15-9-19-27-14(16-3-2-6-32-16)8-18(22(23,24)25)30(19)29-15/h2-3,6,9,11,14,18,27H,4-5,7-8H2,1H3,(H,28,31)/t11-,14+,18-/m1/s1. The summed E-state index contributed by atoms with van der Waals surface area (Å²) in [5.74, 6) is 0.297. The summed E-state index contributed by atoms with van der Waals surface area (Å²) < 4.78 is 47.5. The number of hydrogen-bond donors (Lipinski definition) is 2. The molecule has 2 N–H and O–H groups in total. The molecular weight excluding hydrogens is 455 g/mol. The average molecular weight is 475 g/mol. The fourth-order valence-corrected chi connectivity index (χ4v) is 5.84. The van der Waals surface area contributed by atoms with Crippen molar-refractivity contribution in [1.29, 1.82) is 5.26 Å². The van der Waals surface area contributed by atoms with Gasteiger partial charge in [-0.1, -0.05) is 6.92 Å². The Balaban J connectivity index is 1.44. The SMILES string of the molecule is C[C@@H]1CCc2c(sc(NC(=O)c3cc4n(n3)[C@@H](C(F)(F)F)C[C@@H](c3ccco3)N4)c2C#N)C1. The lowest BCUT2D eigenvalue weighted by Gasteiger charge is -2.32. The normalized spacial score (nSPS) is 22.1. The van der Waals surface area contributed by atoms with E-state index in [4.69, 9.17) is 4.42 Å². The summed E-state index contributed by atoms with van der Waals surface area (Å²) in [6.07, 6.45) is -0.885. The van der Waals surface area contributed by atoms with E-state index in [-0.39, 0.29) is 17.9 Å². The van der Waals surface area contributed by atoms with Gasteiger partial charge in [-0.2, -0.15) is 23.5 Å². The number of hydrogen-bond acceptors (Lipinski definition) is 6. The number of rotatable bonds is 3. The highest BCUT2D eigenvalue weighted by atomic mass is 32.1. The van der Waals surface area contributed by atoms with Crippen molar-refractivity contribution in [3.05, 3.63) is 51.9 Å². The number of amides is 1. The van der Waals surface area contributed by atoms with Crippen molar-refractivity contribution in [3.63, 3.8) is 0 Å². The predicted molar refractivity (Wildman–Crippen MR) is 115 cm³/mol. The molecule has 0 unspecified atom stereocenters. The molecule has 0 radical (unpaired) electrons. The van der Waals surface area contributed by atoms with Gasteiger partial charge >= 0.3 is 6.18 Å². The van der Waals surface area contributed by atoms with E-state index in [0.717, 1.165) is 34.4 Å². The van der Waals surface area contributed by atoms with Crippen LogP contribution in [0.2, 0.25) is 0 Å². The van der Waals surface area contributed by atoms with Crippen molar-refractivity contribution in [1.82, 2.24) is 9.78 Å². The minimum Gasteiger partial charge on any atom is -0.467 e. The van der Waals surface area contributed by atoms with E-state index in [1.807, 2.05) is 0 Å². The van der Waals surface area contributed by atoms with Crippen molar-refractivity contribution in [3.8, 4) is 6.07 Å². The van der Waals surface area contributed by atoms with E-state index in [1.165, 1.54) is 23.7 Å². The van der Waals surface area contributed by atoms with Gasteiger partial charge in [0.25, 0.3) is 5.91 Å². The maximum Gasteiger partial charge on any atom is 0.410 e. The van der Waals surface area contributed by atoms with E-state index >= 15 is 0 Å². The van der Waals surface area contributed by atoms with E-state index in [0.29, 0.717) is 22.2 Å². The Morgan fingerprint density at radius 3 is 2.97 bits per heavy atom. The number of nitriles is 1. The van der Waals surface area contributed by atoms with Crippen LogP contribution in [0.5, 0.6) is 0 Å². The molecule has 5 rings (SSSR count). The summed E-state index contributed by atoms with van der Waals surface area (Å²) in [4.78, 5) is 14.0. The Bertz CT molecular complexity index is 1240.